The number of rotatable bonds is 31. The van der Waals surface area contributed by atoms with Gasteiger partial charge in [-0.25, -0.2) is 0 Å². The Bertz CT molecular complexity index is 380. The minimum Gasteiger partial charge on any atom is -0.306 e. The fraction of sp³-hybridized carbons (Fsp3) is 1.00. The Hall–Kier alpha value is -0.0400. The highest BCUT2D eigenvalue weighted by molar-refractivity contribution is 4.57. The molecule has 0 fully saturated rings. The lowest BCUT2D eigenvalue weighted by Crippen LogP contribution is -2.20. The summed E-state index contributed by atoms with van der Waals surface area (Å²) >= 11 is 0. The molecule has 0 saturated heterocycles. The summed E-state index contributed by atoms with van der Waals surface area (Å²) in [6, 6.07) is 0. The Morgan fingerprint density at radius 2 is 0.619 bits per heavy atom. The van der Waals surface area contributed by atoms with Crippen molar-refractivity contribution in [1.82, 2.24) is 4.90 Å². The van der Waals surface area contributed by atoms with E-state index in [1.807, 2.05) is 0 Å². The predicted octanol–water partition coefficient (Wildman–Crippen LogP) is 15.3. The van der Waals surface area contributed by atoms with Crippen molar-refractivity contribution in [3.8, 4) is 0 Å². The van der Waals surface area contributed by atoms with Crippen molar-refractivity contribution in [3.05, 3.63) is 0 Å². The maximum atomic E-state index is 2.56. The Morgan fingerprint density at radius 1 is 0.310 bits per heavy atom. The van der Waals surface area contributed by atoms with Gasteiger partial charge in [-0.1, -0.05) is 228 Å². The van der Waals surface area contributed by atoms with E-state index in [9.17, 15) is 0 Å². The van der Waals surface area contributed by atoms with Gasteiger partial charge >= 0.3 is 0 Å². The van der Waals surface area contributed by atoms with E-state index in [1.165, 1.54) is 206 Å². The Balaban J connectivity index is -0.000000777. The van der Waals surface area contributed by atoms with E-state index in [4.69, 9.17) is 0 Å². The Kier molecular flexibility index (Phi) is 50.1. The highest BCUT2D eigenvalue weighted by Gasteiger charge is 2.03. The van der Waals surface area contributed by atoms with Gasteiger partial charge in [-0.3, -0.25) is 0 Å². The molecule has 0 radical (unpaired) electrons. The summed E-state index contributed by atoms with van der Waals surface area (Å²) < 4.78 is 0. The first-order valence-corrected chi connectivity index (χ1v) is 20.3. The predicted molar refractivity (Wildman–Crippen MR) is 199 cm³/mol. The third-order valence-corrected chi connectivity index (χ3v) is 8.98. The van der Waals surface area contributed by atoms with E-state index in [0.717, 1.165) is 5.92 Å². The molecule has 0 heterocycles. The van der Waals surface area contributed by atoms with Gasteiger partial charge in [-0.15, -0.1) is 0 Å². The fourth-order valence-corrected chi connectivity index (χ4v) is 5.85. The first-order chi connectivity index (χ1) is 20.6. The molecule has 0 aromatic heterocycles. The maximum absolute atomic E-state index is 2.56. The van der Waals surface area contributed by atoms with Crippen molar-refractivity contribution in [1.29, 1.82) is 0 Å². The molecular weight excluding hydrogens is 506 g/mol. The van der Waals surface area contributed by atoms with E-state index in [-0.39, 0.29) is 0 Å². The molecule has 0 aliphatic rings. The van der Waals surface area contributed by atoms with Gasteiger partial charge in [0, 0.05) is 0 Å². The normalized spacial score (nSPS) is 11.6. The second-order valence-electron chi connectivity index (χ2n) is 13.6. The van der Waals surface area contributed by atoms with Crippen molar-refractivity contribution in [2.24, 2.45) is 5.92 Å². The molecule has 0 N–H and O–H groups in total. The van der Waals surface area contributed by atoms with Gasteiger partial charge in [0.05, 0.1) is 0 Å². The van der Waals surface area contributed by atoms with Gasteiger partial charge in [0.1, 0.15) is 0 Å². The Morgan fingerprint density at radius 3 is 0.905 bits per heavy atom. The summed E-state index contributed by atoms with van der Waals surface area (Å²) in [5.74, 6) is 1.02. The summed E-state index contributed by atoms with van der Waals surface area (Å²) in [6.07, 6.45) is 42.9. The zero-order valence-corrected chi connectivity index (χ0v) is 31.7. The van der Waals surface area contributed by atoms with Gasteiger partial charge in [0.25, 0.3) is 0 Å². The average Bonchev–Trinajstić information content (AvgIpc) is 2.99. The summed E-state index contributed by atoms with van der Waals surface area (Å²) in [7, 11) is 2.32. The average molecular weight is 596 g/mol. The minimum absolute atomic E-state index is 1.02. The quantitative estimate of drug-likeness (QED) is 0.0720. The van der Waals surface area contributed by atoms with Crippen LogP contribution < -0.4 is 0 Å². The topological polar surface area (TPSA) is 3.24 Å². The molecule has 0 bridgehead atoms. The molecule has 0 aliphatic carbocycles. The van der Waals surface area contributed by atoms with Crippen LogP contribution in [0.15, 0.2) is 0 Å². The molecule has 0 amide bonds. The van der Waals surface area contributed by atoms with Crippen LogP contribution in [-0.2, 0) is 0 Å². The van der Waals surface area contributed by atoms with Crippen molar-refractivity contribution in [3.63, 3.8) is 0 Å². The molecule has 42 heavy (non-hydrogen) atoms. The molecule has 0 aromatic rings. The maximum Gasteiger partial charge on any atom is -0.00218 e. The first kappa shape index (κ1) is 46.4. The third kappa shape index (κ3) is 46.9. The van der Waals surface area contributed by atoms with Crippen LogP contribution in [0.3, 0.4) is 0 Å². The lowest BCUT2D eigenvalue weighted by Gasteiger charge is -2.16. The molecule has 0 aliphatic heterocycles. The van der Waals surface area contributed by atoms with E-state index >= 15 is 0 Å². The second kappa shape index (κ2) is 45.4. The summed E-state index contributed by atoms with van der Waals surface area (Å²) in [6.45, 7) is 18.5. The smallest absolute Gasteiger partial charge is 0.00218 e. The first-order valence-electron chi connectivity index (χ1n) is 20.3. The van der Waals surface area contributed by atoms with Crippen LogP contribution in [-0.4, -0.2) is 25.0 Å². The third-order valence-electron chi connectivity index (χ3n) is 8.98. The molecule has 0 spiro atoms. The van der Waals surface area contributed by atoms with Crippen LogP contribution >= 0.6 is 0 Å². The van der Waals surface area contributed by atoms with Crippen molar-refractivity contribution < 1.29 is 0 Å². The van der Waals surface area contributed by atoms with Crippen LogP contribution in [0.2, 0.25) is 0 Å². The molecule has 1 unspecified atom stereocenters. The SMILES string of the molecule is CCCCC.CCCCCC(CC)CCC.CCCCCCCCCCCCN(C)CCCCCCCCCCCC. The molecule has 1 heteroatoms. The number of nitrogens with zero attached hydrogens (tertiary/aromatic N) is 1. The second-order valence-corrected chi connectivity index (χ2v) is 13.6. The monoisotopic (exact) mass is 596 g/mol. The molecular formula is C41H89N. The van der Waals surface area contributed by atoms with Crippen LogP contribution in [0.5, 0.6) is 0 Å². The summed E-state index contributed by atoms with van der Waals surface area (Å²) in [4.78, 5) is 2.56. The lowest BCUT2D eigenvalue weighted by atomic mass is 9.94. The van der Waals surface area contributed by atoms with Crippen LogP contribution in [0.1, 0.15) is 241 Å². The molecule has 0 aromatic carbocycles. The van der Waals surface area contributed by atoms with Gasteiger partial charge in [-0.2, -0.15) is 0 Å². The highest BCUT2D eigenvalue weighted by atomic mass is 15.1. The molecule has 258 valence electrons. The van der Waals surface area contributed by atoms with E-state index in [2.05, 4.69) is 60.4 Å². The molecule has 0 rings (SSSR count). The van der Waals surface area contributed by atoms with Gasteiger partial charge in [0.2, 0.25) is 0 Å². The Labute approximate surface area is 271 Å². The van der Waals surface area contributed by atoms with E-state index in [0.29, 0.717) is 0 Å². The standard InChI is InChI=1S/C25H53N.C11H24.C5H12/c1-4-6-8-10-12-14-16-18-20-22-24-26(3)25-23-21-19-17-15-13-11-9-7-5-2;1-4-7-8-10-11(6-3)9-5-2;1-3-5-4-2/h4-25H2,1-3H3;11H,4-10H2,1-3H3;3-5H2,1-2H3. The molecule has 0 saturated carbocycles. The molecule has 1 nitrogen and oxygen atoms in total. The number of unbranched alkanes of at least 4 members (excludes halogenated alkanes) is 22. The lowest BCUT2D eigenvalue weighted by molar-refractivity contribution is 0.314. The fourth-order valence-electron chi connectivity index (χ4n) is 5.85. The summed E-state index contributed by atoms with van der Waals surface area (Å²) in [5.41, 5.74) is 0. The minimum atomic E-state index is 1.02. The van der Waals surface area contributed by atoms with Gasteiger partial charge in [-0.05, 0) is 38.9 Å². The number of hydrogen-bond acceptors (Lipinski definition) is 1. The van der Waals surface area contributed by atoms with E-state index in [1.54, 1.807) is 0 Å². The highest BCUT2D eigenvalue weighted by Crippen LogP contribution is 2.18. The van der Waals surface area contributed by atoms with Gasteiger partial charge < -0.3 is 4.90 Å². The summed E-state index contributed by atoms with van der Waals surface area (Å²) in [5, 5.41) is 0. The largest absolute Gasteiger partial charge is 0.306 e. The van der Waals surface area contributed by atoms with Crippen molar-refractivity contribution in [2.75, 3.05) is 20.1 Å². The van der Waals surface area contributed by atoms with E-state index < -0.39 is 0 Å². The van der Waals surface area contributed by atoms with Crippen molar-refractivity contribution >= 4 is 0 Å². The van der Waals surface area contributed by atoms with Crippen LogP contribution in [0, 0.1) is 5.92 Å². The van der Waals surface area contributed by atoms with Crippen molar-refractivity contribution in [2.45, 2.75) is 241 Å². The zero-order valence-electron chi connectivity index (χ0n) is 31.7. The van der Waals surface area contributed by atoms with Crippen LogP contribution in [0.4, 0.5) is 0 Å². The zero-order chi connectivity index (χ0) is 31.8. The van der Waals surface area contributed by atoms with Gasteiger partial charge in [0.15, 0.2) is 0 Å². The van der Waals surface area contributed by atoms with Crippen LogP contribution in [0.25, 0.3) is 0 Å². The number of hydrogen-bond donors (Lipinski definition) is 0. The molecule has 1 atom stereocenters.